The number of carbonyl (C=O) groups excluding carboxylic acids is 1. The van der Waals surface area contributed by atoms with Gasteiger partial charge < -0.3 is 14.9 Å². The fourth-order valence-electron chi connectivity index (χ4n) is 2.80. The number of amides is 2. The second kappa shape index (κ2) is 3.96. The van der Waals surface area contributed by atoms with Gasteiger partial charge in [0.05, 0.1) is 0 Å². The zero-order chi connectivity index (χ0) is 11.8. The summed E-state index contributed by atoms with van der Waals surface area (Å²) in [6.45, 7) is 4.45. The van der Waals surface area contributed by atoms with Gasteiger partial charge in [0.15, 0.2) is 0 Å². The van der Waals surface area contributed by atoms with E-state index in [-0.39, 0.29) is 11.3 Å². The van der Waals surface area contributed by atoms with Crippen LogP contribution in [-0.4, -0.2) is 53.1 Å². The van der Waals surface area contributed by atoms with Gasteiger partial charge in [-0.15, -0.1) is 0 Å². The molecule has 2 heterocycles. The lowest BCUT2D eigenvalue weighted by Gasteiger charge is -2.38. The van der Waals surface area contributed by atoms with Crippen molar-refractivity contribution in [2.75, 3.05) is 26.2 Å². The molecule has 0 unspecified atom stereocenters. The first kappa shape index (κ1) is 11.2. The number of carbonyl (C=O) groups is 2. The van der Waals surface area contributed by atoms with Crippen molar-refractivity contribution in [2.45, 2.75) is 26.2 Å². The van der Waals surface area contributed by atoms with Crippen molar-refractivity contribution in [3.8, 4) is 0 Å². The van der Waals surface area contributed by atoms with Crippen LogP contribution in [0.2, 0.25) is 0 Å². The molecule has 2 aliphatic rings. The maximum Gasteiger partial charge on any atom is 0.407 e. The second-order valence-electron chi connectivity index (χ2n) is 4.96. The molecule has 5 heteroatoms. The summed E-state index contributed by atoms with van der Waals surface area (Å²) in [5, 5.41) is 8.93. The van der Waals surface area contributed by atoms with Crippen LogP contribution in [0.5, 0.6) is 0 Å². The molecule has 2 saturated heterocycles. The minimum atomic E-state index is -0.814. The maximum atomic E-state index is 11.2. The molecule has 0 atom stereocenters. The van der Waals surface area contributed by atoms with Crippen molar-refractivity contribution in [3.63, 3.8) is 0 Å². The van der Waals surface area contributed by atoms with Crippen LogP contribution in [0.15, 0.2) is 0 Å². The molecule has 1 spiro atoms. The average molecular weight is 226 g/mol. The molecular weight excluding hydrogens is 208 g/mol. The van der Waals surface area contributed by atoms with Gasteiger partial charge in [-0.1, -0.05) is 0 Å². The van der Waals surface area contributed by atoms with Gasteiger partial charge in [0.1, 0.15) is 0 Å². The van der Waals surface area contributed by atoms with E-state index in [9.17, 15) is 9.59 Å². The molecule has 2 fully saturated rings. The quantitative estimate of drug-likeness (QED) is 0.670. The Morgan fingerprint density at radius 2 is 1.56 bits per heavy atom. The van der Waals surface area contributed by atoms with Gasteiger partial charge in [-0.25, -0.2) is 4.79 Å². The monoisotopic (exact) mass is 226 g/mol. The van der Waals surface area contributed by atoms with E-state index >= 15 is 0 Å². The van der Waals surface area contributed by atoms with Gasteiger partial charge in [0, 0.05) is 33.1 Å². The van der Waals surface area contributed by atoms with E-state index in [0.717, 1.165) is 32.4 Å². The first-order valence-corrected chi connectivity index (χ1v) is 5.76. The van der Waals surface area contributed by atoms with Crippen LogP contribution in [-0.2, 0) is 4.79 Å². The zero-order valence-electron chi connectivity index (χ0n) is 9.61. The Hall–Kier alpha value is -1.26. The highest BCUT2D eigenvalue weighted by atomic mass is 16.4. The fourth-order valence-corrected chi connectivity index (χ4v) is 2.80. The summed E-state index contributed by atoms with van der Waals surface area (Å²) in [7, 11) is 0. The Morgan fingerprint density at radius 3 is 1.94 bits per heavy atom. The number of carboxylic acid groups (broad SMARTS) is 1. The number of piperidine rings is 1. The van der Waals surface area contributed by atoms with Crippen LogP contribution in [0, 0.1) is 5.41 Å². The molecule has 0 bridgehead atoms. The number of nitrogens with zero attached hydrogens (tertiary/aromatic N) is 2. The molecule has 0 radical (unpaired) electrons. The van der Waals surface area contributed by atoms with E-state index in [4.69, 9.17) is 5.11 Å². The Labute approximate surface area is 95.0 Å². The lowest BCUT2D eigenvalue weighted by molar-refractivity contribution is -0.131. The molecule has 0 aromatic heterocycles. The highest BCUT2D eigenvalue weighted by Crippen LogP contribution is 2.40. The molecule has 0 saturated carbocycles. The van der Waals surface area contributed by atoms with Crippen molar-refractivity contribution in [1.29, 1.82) is 0 Å². The summed E-state index contributed by atoms with van der Waals surface area (Å²) in [5.74, 6) is 0.128. The van der Waals surface area contributed by atoms with Crippen molar-refractivity contribution < 1.29 is 14.7 Å². The van der Waals surface area contributed by atoms with Crippen LogP contribution in [0.4, 0.5) is 4.79 Å². The Kier molecular flexibility index (Phi) is 2.78. The van der Waals surface area contributed by atoms with Crippen LogP contribution in [0.3, 0.4) is 0 Å². The van der Waals surface area contributed by atoms with Crippen molar-refractivity contribution >= 4 is 12.0 Å². The summed E-state index contributed by atoms with van der Waals surface area (Å²) in [6.07, 6.45) is 2.02. The molecule has 90 valence electrons. The third kappa shape index (κ3) is 1.99. The van der Waals surface area contributed by atoms with E-state index < -0.39 is 6.09 Å². The molecule has 5 nitrogen and oxygen atoms in total. The molecule has 2 aliphatic heterocycles. The molecule has 2 amide bonds. The highest BCUT2D eigenvalue weighted by Gasteiger charge is 2.42. The van der Waals surface area contributed by atoms with Crippen LogP contribution >= 0.6 is 0 Å². The predicted octanol–water partition coefficient (Wildman–Crippen LogP) is 0.999. The predicted molar refractivity (Wildman–Crippen MR) is 58.1 cm³/mol. The van der Waals surface area contributed by atoms with E-state index in [1.807, 2.05) is 4.90 Å². The summed E-state index contributed by atoms with van der Waals surface area (Å²) in [6, 6.07) is 0. The number of likely N-dealkylation sites (tertiary alicyclic amines) is 2. The zero-order valence-corrected chi connectivity index (χ0v) is 9.61. The largest absolute Gasteiger partial charge is 0.465 e. The molecule has 16 heavy (non-hydrogen) atoms. The molecule has 2 rings (SSSR count). The molecular formula is C11H18N2O3. The summed E-state index contributed by atoms with van der Waals surface area (Å²) in [4.78, 5) is 25.4. The summed E-state index contributed by atoms with van der Waals surface area (Å²) >= 11 is 0. The normalized spacial score (nSPS) is 23.8. The number of rotatable bonds is 0. The minimum Gasteiger partial charge on any atom is -0.465 e. The summed E-state index contributed by atoms with van der Waals surface area (Å²) < 4.78 is 0. The lowest BCUT2D eigenvalue weighted by atomic mass is 9.78. The van der Waals surface area contributed by atoms with Gasteiger partial charge >= 0.3 is 6.09 Å². The maximum absolute atomic E-state index is 11.2. The van der Waals surface area contributed by atoms with Crippen LogP contribution < -0.4 is 0 Å². The van der Waals surface area contributed by atoms with E-state index in [0.29, 0.717) is 13.1 Å². The molecule has 0 aromatic rings. The second-order valence-corrected chi connectivity index (χ2v) is 4.96. The third-order valence-corrected chi connectivity index (χ3v) is 3.98. The van der Waals surface area contributed by atoms with E-state index in [1.165, 1.54) is 4.90 Å². The van der Waals surface area contributed by atoms with Crippen molar-refractivity contribution in [2.24, 2.45) is 5.41 Å². The minimum absolute atomic E-state index is 0.128. The SMILES string of the molecule is CC(=O)N1CCC2(CC1)CCN(C(=O)O)C2. The third-order valence-electron chi connectivity index (χ3n) is 3.98. The topological polar surface area (TPSA) is 60.9 Å². The average Bonchev–Trinajstić information content (AvgIpc) is 2.63. The Morgan fingerprint density at radius 1 is 1.06 bits per heavy atom. The van der Waals surface area contributed by atoms with Crippen LogP contribution in [0.1, 0.15) is 26.2 Å². The summed E-state index contributed by atoms with van der Waals surface area (Å²) in [5.41, 5.74) is 0.143. The van der Waals surface area contributed by atoms with E-state index in [2.05, 4.69) is 0 Å². The van der Waals surface area contributed by atoms with Gasteiger partial charge in [0.25, 0.3) is 0 Å². The van der Waals surface area contributed by atoms with Gasteiger partial charge in [-0.3, -0.25) is 4.79 Å². The Bertz CT molecular complexity index is 308. The molecule has 1 N–H and O–H groups in total. The molecule has 0 aliphatic carbocycles. The van der Waals surface area contributed by atoms with Crippen molar-refractivity contribution in [3.05, 3.63) is 0 Å². The van der Waals surface area contributed by atoms with Gasteiger partial charge in [-0.05, 0) is 24.7 Å². The lowest BCUT2D eigenvalue weighted by Crippen LogP contribution is -2.43. The van der Waals surface area contributed by atoms with Crippen molar-refractivity contribution in [1.82, 2.24) is 9.80 Å². The van der Waals surface area contributed by atoms with Gasteiger partial charge in [0.2, 0.25) is 5.91 Å². The molecule has 0 aromatic carbocycles. The fraction of sp³-hybridized carbons (Fsp3) is 0.818. The van der Waals surface area contributed by atoms with Gasteiger partial charge in [-0.2, -0.15) is 0 Å². The smallest absolute Gasteiger partial charge is 0.407 e. The van der Waals surface area contributed by atoms with E-state index in [1.54, 1.807) is 6.92 Å². The Balaban J connectivity index is 1.93. The first-order chi connectivity index (χ1) is 7.52. The standard InChI is InChI=1S/C11H18N2O3/c1-9(14)12-5-2-11(3-6-12)4-7-13(8-11)10(15)16/h2-8H2,1H3,(H,15,16). The highest BCUT2D eigenvalue weighted by molar-refractivity contribution is 5.73. The number of hydrogen-bond donors (Lipinski definition) is 1. The first-order valence-electron chi connectivity index (χ1n) is 5.76. The van der Waals surface area contributed by atoms with Crippen LogP contribution in [0.25, 0.3) is 0 Å². The number of hydrogen-bond acceptors (Lipinski definition) is 2.